The maximum atomic E-state index is 12.9. The van der Waals surface area contributed by atoms with Crippen LogP contribution in [0.4, 0.5) is 0 Å². The van der Waals surface area contributed by atoms with Crippen molar-refractivity contribution in [2.75, 3.05) is 26.7 Å². The molecular weight excluding hydrogens is 276 g/mol. The standard InChI is InChI=1S/C17H20N4O/c1-20-9-12-2-4-14(20)11-21(10-12)17(22)13-3-5-15-16(8-13)19-7-6-18-15/h3,5-8,12,14H,2,4,9-11H2,1H3/t12-,14-/m1/s1. The zero-order chi connectivity index (χ0) is 15.1. The van der Waals surface area contributed by atoms with Crippen molar-refractivity contribution in [2.45, 2.75) is 18.9 Å². The van der Waals surface area contributed by atoms with Crippen LogP contribution in [0.25, 0.3) is 11.0 Å². The van der Waals surface area contributed by atoms with Crippen molar-refractivity contribution in [1.29, 1.82) is 0 Å². The van der Waals surface area contributed by atoms with E-state index in [9.17, 15) is 4.79 Å². The minimum absolute atomic E-state index is 0.125. The molecule has 1 aromatic carbocycles. The molecule has 114 valence electrons. The number of nitrogens with zero attached hydrogens (tertiary/aromatic N) is 4. The first-order valence-electron chi connectivity index (χ1n) is 7.91. The average molecular weight is 296 g/mol. The fraction of sp³-hybridized carbons (Fsp3) is 0.471. The van der Waals surface area contributed by atoms with Crippen molar-refractivity contribution in [3.05, 3.63) is 36.2 Å². The van der Waals surface area contributed by atoms with Gasteiger partial charge in [-0.15, -0.1) is 0 Å². The summed E-state index contributed by atoms with van der Waals surface area (Å²) in [6.07, 6.45) is 5.78. The Morgan fingerprint density at radius 1 is 1.09 bits per heavy atom. The van der Waals surface area contributed by atoms with E-state index < -0.39 is 0 Å². The number of rotatable bonds is 1. The Balaban J connectivity index is 1.62. The van der Waals surface area contributed by atoms with E-state index in [0.717, 1.165) is 36.2 Å². The Morgan fingerprint density at radius 2 is 1.91 bits per heavy atom. The maximum Gasteiger partial charge on any atom is 0.253 e. The molecular formula is C17H20N4O. The van der Waals surface area contributed by atoms with Crippen LogP contribution in [0.1, 0.15) is 23.2 Å². The van der Waals surface area contributed by atoms with E-state index in [-0.39, 0.29) is 5.91 Å². The van der Waals surface area contributed by atoms with Crippen molar-refractivity contribution in [1.82, 2.24) is 19.8 Å². The Kier molecular flexibility index (Phi) is 3.30. The third kappa shape index (κ3) is 2.35. The van der Waals surface area contributed by atoms with Crippen LogP contribution in [0, 0.1) is 5.92 Å². The number of benzene rings is 1. The third-order valence-electron chi connectivity index (χ3n) is 4.99. The van der Waals surface area contributed by atoms with Gasteiger partial charge in [0.05, 0.1) is 11.0 Å². The molecule has 0 aliphatic carbocycles. The van der Waals surface area contributed by atoms with Crippen molar-refractivity contribution in [3.8, 4) is 0 Å². The van der Waals surface area contributed by atoms with Gasteiger partial charge in [-0.3, -0.25) is 14.8 Å². The largest absolute Gasteiger partial charge is 0.337 e. The van der Waals surface area contributed by atoms with Crippen molar-refractivity contribution in [3.63, 3.8) is 0 Å². The number of hydrogen-bond acceptors (Lipinski definition) is 4. The summed E-state index contributed by atoms with van der Waals surface area (Å²) in [6, 6.07) is 6.12. The highest BCUT2D eigenvalue weighted by Crippen LogP contribution is 2.27. The molecule has 0 saturated carbocycles. The molecule has 0 radical (unpaired) electrons. The molecule has 2 atom stereocenters. The predicted octanol–water partition coefficient (Wildman–Crippen LogP) is 1.80. The van der Waals surface area contributed by atoms with Crippen LogP contribution in [0.3, 0.4) is 0 Å². The quantitative estimate of drug-likeness (QED) is 0.805. The summed E-state index contributed by atoms with van der Waals surface area (Å²) in [5, 5.41) is 0. The van der Waals surface area contributed by atoms with Crippen LogP contribution in [0.2, 0.25) is 0 Å². The number of hydrogen-bond donors (Lipinski definition) is 0. The van der Waals surface area contributed by atoms with E-state index in [2.05, 4.69) is 21.9 Å². The van der Waals surface area contributed by atoms with Crippen molar-refractivity contribution >= 4 is 16.9 Å². The van der Waals surface area contributed by atoms with Gasteiger partial charge in [0.15, 0.2) is 0 Å². The minimum Gasteiger partial charge on any atom is -0.337 e. The number of carbonyl (C=O) groups is 1. The van der Waals surface area contributed by atoms with Gasteiger partial charge in [-0.25, -0.2) is 0 Å². The van der Waals surface area contributed by atoms with Gasteiger partial charge in [-0.1, -0.05) is 0 Å². The van der Waals surface area contributed by atoms with Gasteiger partial charge in [0, 0.05) is 43.6 Å². The zero-order valence-electron chi connectivity index (χ0n) is 12.8. The Hall–Kier alpha value is -2.01. The van der Waals surface area contributed by atoms with E-state index >= 15 is 0 Å². The van der Waals surface area contributed by atoms with Crippen LogP contribution in [-0.4, -0.2) is 58.4 Å². The van der Waals surface area contributed by atoms with E-state index in [1.54, 1.807) is 12.4 Å². The van der Waals surface area contributed by atoms with Gasteiger partial charge in [-0.05, 0) is 44.0 Å². The van der Waals surface area contributed by atoms with Gasteiger partial charge in [0.2, 0.25) is 0 Å². The number of amides is 1. The molecule has 0 spiro atoms. The first kappa shape index (κ1) is 13.6. The smallest absolute Gasteiger partial charge is 0.253 e. The lowest BCUT2D eigenvalue weighted by Gasteiger charge is -2.32. The second-order valence-corrected chi connectivity index (χ2v) is 6.51. The summed E-state index contributed by atoms with van der Waals surface area (Å²) in [5.41, 5.74) is 2.33. The van der Waals surface area contributed by atoms with E-state index in [4.69, 9.17) is 0 Å². The first-order valence-corrected chi connectivity index (χ1v) is 7.91. The summed E-state index contributed by atoms with van der Waals surface area (Å²) >= 11 is 0. The molecule has 22 heavy (non-hydrogen) atoms. The van der Waals surface area contributed by atoms with Gasteiger partial charge >= 0.3 is 0 Å². The summed E-state index contributed by atoms with van der Waals surface area (Å²) in [7, 11) is 2.18. The highest BCUT2D eigenvalue weighted by molar-refractivity contribution is 5.97. The molecule has 2 aromatic rings. The fourth-order valence-corrected chi connectivity index (χ4v) is 3.76. The molecule has 3 fully saturated rings. The Morgan fingerprint density at radius 3 is 2.73 bits per heavy atom. The lowest BCUT2D eigenvalue weighted by Crippen LogP contribution is -2.41. The number of carbonyl (C=O) groups excluding carboxylic acids is 1. The molecule has 0 unspecified atom stereocenters. The summed E-state index contributed by atoms with van der Waals surface area (Å²) in [5.74, 6) is 0.729. The molecule has 3 aliphatic rings. The summed E-state index contributed by atoms with van der Waals surface area (Å²) in [4.78, 5) is 25.9. The fourth-order valence-electron chi connectivity index (χ4n) is 3.76. The normalized spacial score (nSPS) is 25.4. The van der Waals surface area contributed by atoms with Crippen LogP contribution in [0.15, 0.2) is 30.6 Å². The number of aromatic nitrogens is 2. The number of fused-ring (bicyclic) bond motifs is 5. The predicted molar refractivity (Wildman–Crippen MR) is 84.6 cm³/mol. The van der Waals surface area contributed by atoms with Crippen LogP contribution in [-0.2, 0) is 0 Å². The van der Waals surface area contributed by atoms with Crippen LogP contribution < -0.4 is 0 Å². The van der Waals surface area contributed by atoms with Crippen LogP contribution >= 0.6 is 0 Å². The van der Waals surface area contributed by atoms with Gasteiger partial charge in [0.1, 0.15) is 0 Å². The topological polar surface area (TPSA) is 49.3 Å². The second kappa shape index (κ2) is 5.32. The molecule has 1 amide bonds. The molecule has 4 heterocycles. The lowest BCUT2D eigenvalue weighted by atomic mass is 9.96. The molecule has 5 heteroatoms. The first-order chi connectivity index (χ1) is 10.7. The van der Waals surface area contributed by atoms with Gasteiger partial charge < -0.3 is 9.80 Å². The van der Waals surface area contributed by atoms with Gasteiger partial charge in [0.25, 0.3) is 5.91 Å². The molecule has 5 nitrogen and oxygen atoms in total. The van der Waals surface area contributed by atoms with Crippen molar-refractivity contribution < 1.29 is 4.79 Å². The molecule has 5 rings (SSSR count). The van der Waals surface area contributed by atoms with E-state index in [0.29, 0.717) is 12.0 Å². The highest BCUT2D eigenvalue weighted by atomic mass is 16.2. The van der Waals surface area contributed by atoms with Crippen LogP contribution in [0.5, 0.6) is 0 Å². The Bertz CT molecular complexity index is 717. The second-order valence-electron chi connectivity index (χ2n) is 6.51. The molecule has 3 saturated heterocycles. The minimum atomic E-state index is 0.125. The lowest BCUT2D eigenvalue weighted by molar-refractivity contribution is 0.0742. The zero-order valence-corrected chi connectivity index (χ0v) is 12.8. The maximum absolute atomic E-state index is 12.9. The monoisotopic (exact) mass is 296 g/mol. The van der Waals surface area contributed by atoms with Crippen molar-refractivity contribution in [2.24, 2.45) is 5.92 Å². The molecule has 1 aromatic heterocycles. The molecule has 2 bridgehead atoms. The van der Waals surface area contributed by atoms with E-state index in [1.165, 1.54) is 12.8 Å². The highest BCUT2D eigenvalue weighted by Gasteiger charge is 2.34. The average Bonchev–Trinajstić information content (AvgIpc) is 2.85. The Labute approximate surface area is 130 Å². The SMILES string of the molecule is CN1C[C@H]2CC[C@@H]1CN(C(=O)c1ccc3nccnc3c1)C2. The van der Waals surface area contributed by atoms with E-state index in [1.807, 2.05) is 23.1 Å². The number of likely N-dealkylation sites (N-methyl/N-ethyl adjacent to an activating group) is 1. The molecule has 3 aliphatic heterocycles. The third-order valence-corrected chi connectivity index (χ3v) is 4.99. The molecule has 0 N–H and O–H groups in total. The van der Waals surface area contributed by atoms with Gasteiger partial charge in [-0.2, -0.15) is 0 Å². The summed E-state index contributed by atoms with van der Waals surface area (Å²) < 4.78 is 0. The number of piperidine rings is 1. The summed E-state index contributed by atoms with van der Waals surface area (Å²) in [6.45, 7) is 2.82.